The minimum absolute atomic E-state index is 0.105. The van der Waals surface area contributed by atoms with Gasteiger partial charge < -0.3 is 27.1 Å². The van der Waals surface area contributed by atoms with Gasteiger partial charge in [-0.1, -0.05) is 11.6 Å². The fraction of sp³-hybridized carbons (Fsp3) is 0.263. The summed E-state index contributed by atoms with van der Waals surface area (Å²) in [4.78, 5) is 48.4. The Morgan fingerprint density at radius 1 is 1.25 bits per heavy atom. The Hall–Kier alpha value is -4.59. The van der Waals surface area contributed by atoms with Crippen molar-refractivity contribution in [3.05, 3.63) is 61.5 Å². The van der Waals surface area contributed by atoms with E-state index in [2.05, 4.69) is 9.88 Å². The number of carboxylic acids is 1. The van der Waals surface area contributed by atoms with Crippen molar-refractivity contribution in [2.75, 3.05) is 11.3 Å². The third-order valence-electron chi connectivity index (χ3n) is 4.52. The maximum Gasteiger partial charge on any atom is 0.490 e. The number of primary amides is 1. The Bertz CT molecular complexity index is 1480. The number of pyridine rings is 1. The standard InChI is InChI=1S/C17H20ClN7O7S.C2HF3O2/c1-9-2-5-12(16(27)24(9)13(15(19)26)6-7-32-22-17(20)21)23-33(30,31)10-3-4-11(18)14(8-10)25(28)29;3-2(4,5)1(6)7/h2-5,8,13,23H,6-7H2,1H3,(H2,19,26)(H4,20,21,22);(H,6,7). The highest BCUT2D eigenvalue weighted by atomic mass is 35.5. The number of nitro groups is 1. The number of nitro benzene ring substituents is 1. The van der Waals surface area contributed by atoms with Gasteiger partial charge in [0.15, 0.2) is 0 Å². The fourth-order valence-electron chi connectivity index (χ4n) is 2.80. The number of alkyl halides is 3. The minimum atomic E-state index is -5.08. The molecule has 0 aliphatic rings. The number of hydrogen-bond acceptors (Lipinski definition) is 9. The molecule has 21 heteroatoms. The number of carbonyl (C=O) groups is 2. The number of oxime groups is 1. The van der Waals surface area contributed by atoms with E-state index in [4.69, 9.17) is 43.5 Å². The summed E-state index contributed by atoms with van der Waals surface area (Å²) < 4.78 is 60.3. The molecule has 1 atom stereocenters. The van der Waals surface area contributed by atoms with Crippen LogP contribution in [0.5, 0.6) is 0 Å². The molecule has 2 aromatic rings. The normalized spacial score (nSPS) is 11.8. The van der Waals surface area contributed by atoms with Crippen LogP contribution in [0.1, 0.15) is 18.2 Å². The summed E-state index contributed by atoms with van der Waals surface area (Å²) in [6, 6.07) is 4.19. The van der Waals surface area contributed by atoms with Crippen LogP contribution in [0, 0.1) is 17.0 Å². The maximum absolute atomic E-state index is 13.0. The molecule has 0 saturated heterocycles. The lowest BCUT2D eigenvalue weighted by molar-refractivity contribution is -0.384. The third-order valence-corrected chi connectivity index (χ3v) is 6.21. The molecular weight excluding hydrogens is 595 g/mol. The van der Waals surface area contributed by atoms with Crippen molar-refractivity contribution in [2.45, 2.75) is 30.5 Å². The van der Waals surface area contributed by atoms with Gasteiger partial charge in [0, 0.05) is 18.2 Å². The maximum atomic E-state index is 13.0. The van der Waals surface area contributed by atoms with Crippen LogP contribution in [-0.4, -0.2) is 53.6 Å². The number of benzene rings is 1. The van der Waals surface area contributed by atoms with E-state index >= 15 is 0 Å². The molecule has 1 unspecified atom stereocenters. The van der Waals surface area contributed by atoms with Gasteiger partial charge in [-0.05, 0) is 36.3 Å². The number of guanidine groups is 1. The highest BCUT2D eigenvalue weighted by Crippen LogP contribution is 2.28. The Labute approximate surface area is 227 Å². The van der Waals surface area contributed by atoms with E-state index < -0.39 is 60.9 Å². The molecule has 40 heavy (non-hydrogen) atoms. The fourth-order valence-corrected chi connectivity index (χ4v) is 4.06. The number of nitrogens with two attached hydrogens (primary N) is 3. The zero-order valence-corrected chi connectivity index (χ0v) is 21.7. The van der Waals surface area contributed by atoms with Gasteiger partial charge in [0.25, 0.3) is 21.3 Å². The van der Waals surface area contributed by atoms with Crippen molar-refractivity contribution in [1.82, 2.24) is 4.57 Å². The SMILES string of the molecule is Cc1ccc(NS(=O)(=O)c2ccc(Cl)c([N+](=O)[O-])c2)c(=O)n1C(CCON=C(N)N)C(N)=O.O=C(O)C(F)(F)F. The number of hydrogen-bond donors (Lipinski definition) is 5. The molecule has 0 radical (unpaired) electrons. The van der Waals surface area contributed by atoms with Crippen LogP contribution in [0.25, 0.3) is 0 Å². The Balaban J connectivity index is 0.00000101. The van der Waals surface area contributed by atoms with Gasteiger partial charge >= 0.3 is 12.1 Å². The van der Waals surface area contributed by atoms with Crippen molar-refractivity contribution in [1.29, 1.82) is 0 Å². The molecule has 1 aromatic heterocycles. The molecule has 2 rings (SSSR count). The van der Waals surface area contributed by atoms with Crippen molar-refractivity contribution in [3.8, 4) is 0 Å². The molecule has 0 fully saturated rings. The lowest BCUT2D eigenvalue weighted by Crippen LogP contribution is -2.37. The Morgan fingerprint density at radius 2 is 1.82 bits per heavy atom. The second-order valence-electron chi connectivity index (χ2n) is 7.40. The van der Waals surface area contributed by atoms with Crippen LogP contribution in [0.15, 0.2) is 45.2 Å². The zero-order valence-electron chi connectivity index (χ0n) is 20.1. The number of halogens is 4. The first-order valence-corrected chi connectivity index (χ1v) is 12.1. The molecule has 220 valence electrons. The monoisotopic (exact) mass is 615 g/mol. The van der Waals surface area contributed by atoms with Crippen molar-refractivity contribution >= 4 is 50.8 Å². The predicted octanol–water partition coefficient (Wildman–Crippen LogP) is 0.774. The van der Waals surface area contributed by atoms with Gasteiger partial charge in [0.2, 0.25) is 11.9 Å². The minimum Gasteiger partial charge on any atom is -0.475 e. The van der Waals surface area contributed by atoms with Crippen LogP contribution in [-0.2, 0) is 24.4 Å². The van der Waals surface area contributed by atoms with Gasteiger partial charge in [0.05, 0.1) is 9.82 Å². The molecule has 0 aliphatic carbocycles. The first-order chi connectivity index (χ1) is 18.3. The summed E-state index contributed by atoms with van der Waals surface area (Å²) in [6.07, 6.45) is -5.19. The van der Waals surface area contributed by atoms with E-state index in [9.17, 15) is 41.3 Å². The topological polar surface area (TPSA) is 265 Å². The molecule has 1 heterocycles. The number of rotatable bonds is 10. The number of aryl methyl sites for hydroxylation is 1. The van der Waals surface area contributed by atoms with E-state index in [1.54, 1.807) is 0 Å². The molecule has 0 bridgehead atoms. The molecular formula is C19H21ClF3N7O9S. The number of nitrogens with zero attached hydrogens (tertiary/aromatic N) is 3. The number of aliphatic carboxylic acids is 1. The van der Waals surface area contributed by atoms with E-state index in [-0.39, 0.29) is 24.0 Å². The summed E-state index contributed by atoms with van der Waals surface area (Å²) in [5, 5.41) is 21.2. The molecule has 1 aromatic carbocycles. The van der Waals surface area contributed by atoms with Crippen LogP contribution < -0.4 is 27.5 Å². The second kappa shape index (κ2) is 13.5. The number of carboxylic acid groups (broad SMARTS) is 1. The molecule has 0 spiro atoms. The first-order valence-electron chi connectivity index (χ1n) is 10.3. The molecule has 16 nitrogen and oxygen atoms in total. The zero-order chi connectivity index (χ0) is 31.0. The third kappa shape index (κ3) is 9.31. The summed E-state index contributed by atoms with van der Waals surface area (Å²) in [7, 11) is -4.43. The number of carbonyl (C=O) groups excluding carboxylic acids is 1. The molecule has 1 amide bonds. The first kappa shape index (κ1) is 33.4. The van der Waals surface area contributed by atoms with Gasteiger partial charge in [-0.2, -0.15) is 13.2 Å². The summed E-state index contributed by atoms with van der Waals surface area (Å²) >= 11 is 5.71. The van der Waals surface area contributed by atoms with E-state index in [1.807, 2.05) is 0 Å². The van der Waals surface area contributed by atoms with E-state index in [1.165, 1.54) is 19.1 Å². The number of nitrogens with one attached hydrogen (secondary N) is 1. The molecule has 0 saturated carbocycles. The molecule has 0 aliphatic heterocycles. The number of sulfonamides is 1. The van der Waals surface area contributed by atoms with E-state index in [0.29, 0.717) is 5.69 Å². The van der Waals surface area contributed by atoms with E-state index in [0.717, 1.165) is 22.8 Å². The predicted molar refractivity (Wildman–Crippen MR) is 133 cm³/mol. The lowest BCUT2D eigenvalue weighted by atomic mass is 10.1. The van der Waals surface area contributed by atoms with Crippen molar-refractivity contribution in [2.24, 2.45) is 22.4 Å². The van der Waals surface area contributed by atoms with Crippen LogP contribution in [0.2, 0.25) is 5.02 Å². The lowest BCUT2D eigenvalue weighted by Gasteiger charge is -2.20. The second-order valence-corrected chi connectivity index (χ2v) is 9.49. The number of aromatic nitrogens is 1. The average Bonchev–Trinajstić information content (AvgIpc) is 2.81. The quantitative estimate of drug-likeness (QED) is 0.0818. The van der Waals surface area contributed by atoms with Gasteiger partial charge in [0.1, 0.15) is 23.4 Å². The number of anilines is 1. The summed E-state index contributed by atoms with van der Waals surface area (Å²) in [6.45, 7) is 1.33. The summed E-state index contributed by atoms with van der Waals surface area (Å²) in [5.74, 6) is -3.99. The van der Waals surface area contributed by atoms with Crippen molar-refractivity contribution in [3.63, 3.8) is 0 Å². The number of amides is 1. The highest BCUT2D eigenvalue weighted by molar-refractivity contribution is 7.92. The van der Waals surface area contributed by atoms with Crippen LogP contribution in [0.3, 0.4) is 0 Å². The highest BCUT2D eigenvalue weighted by Gasteiger charge is 2.38. The Kier molecular flexibility index (Phi) is 11.3. The van der Waals surface area contributed by atoms with Gasteiger partial charge in [-0.25, -0.2) is 13.2 Å². The Morgan fingerprint density at radius 3 is 2.30 bits per heavy atom. The van der Waals surface area contributed by atoms with Gasteiger partial charge in [-0.15, -0.1) is 0 Å². The van der Waals surface area contributed by atoms with Crippen LogP contribution in [0.4, 0.5) is 24.5 Å². The summed E-state index contributed by atoms with van der Waals surface area (Å²) in [5.41, 5.74) is 14.1. The largest absolute Gasteiger partial charge is 0.490 e. The smallest absolute Gasteiger partial charge is 0.475 e. The van der Waals surface area contributed by atoms with Crippen LogP contribution >= 0.6 is 11.6 Å². The van der Waals surface area contributed by atoms with Gasteiger partial charge in [-0.3, -0.25) is 29.0 Å². The van der Waals surface area contributed by atoms with Crippen molar-refractivity contribution < 1.29 is 46.0 Å². The molecule has 8 N–H and O–H groups in total. The average molecular weight is 616 g/mol.